The number of rotatable bonds is 5. The molecule has 1 N–H and O–H groups in total. The predicted octanol–water partition coefficient (Wildman–Crippen LogP) is 3.67. The van der Waals surface area contributed by atoms with Gasteiger partial charge in [-0.1, -0.05) is 72.8 Å². The summed E-state index contributed by atoms with van der Waals surface area (Å²) in [5, 5.41) is 9.94. The fraction of sp³-hybridized carbons (Fsp3) is 0.143. The Morgan fingerprint density at radius 2 is 1.32 bits per heavy atom. The maximum atomic E-state index is 13.4. The zero-order chi connectivity index (χ0) is 25.7. The van der Waals surface area contributed by atoms with Gasteiger partial charge in [0, 0.05) is 0 Å². The van der Waals surface area contributed by atoms with Gasteiger partial charge in [0.25, 0.3) is 17.7 Å². The first-order valence-corrected chi connectivity index (χ1v) is 12.7. The lowest BCUT2D eigenvalue weighted by Gasteiger charge is -2.50. The number of benzene rings is 3. The molecule has 1 fully saturated rings. The van der Waals surface area contributed by atoms with Crippen molar-refractivity contribution in [2.45, 2.75) is 17.5 Å². The molecule has 6 rings (SSSR count). The average Bonchev–Trinajstić information content (AvgIpc) is 3.18. The summed E-state index contributed by atoms with van der Waals surface area (Å²) in [5.74, 6) is -2.85. The Balaban J connectivity index is 1.28. The number of carbonyl (C=O) groups is 4. The van der Waals surface area contributed by atoms with Gasteiger partial charge in [-0.15, -0.1) is 11.8 Å². The third-order valence-electron chi connectivity index (χ3n) is 6.65. The number of ether oxygens (including phenoxy) is 1. The van der Waals surface area contributed by atoms with Crippen LogP contribution in [-0.2, 0) is 14.3 Å². The van der Waals surface area contributed by atoms with Crippen LogP contribution in [0.25, 0.3) is 0 Å². The highest BCUT2D eigenvalue weighted by atomic mass is 32.2. The molecule has 0 spiro atoms. The summed E-state index contributed by atoms with van der Waals surface area (Å²) in [6.07, 6.45) is -0.772. The minimum atomic E-state index is -1.08. The molecule has 37 heavy (non-hydrogen) atoms. The van der Waals surface area contributed by atoms with Gasteiger partial charge in [0.2, 0.25) is 0 Å². The molecule has 1 saturated heterocycles. The molecule has 3 heterocycles. The highest BCUT2D eigenvalue weighted by molar-refractivity contribution is 8.00. The van der Waals surface area contributed by atoms with E-state index in [4.69, 9.17) is 4.74 Å². The number of esters is 1. The van der Waals surface area contributed by atoms with E-state index < -0.39 is 41.2 Å². The van der Waals surface area contributed by atoms with Gasteiger partial charge in [-0.3, -0.25) is 24.2 Å². The molecule has 0 aromatic heterocycles. The molecular formula is C28H20N2O6S. The average molecular weight is 513 g/mol. The maximum Gasteiger partial charge on any atom is 0.359 e. The topological polar surface area (TPSA) is 104 Å². The zero-order valence-electron chi connectivity index (χ0n) is 19.3. The minimum absolute atomic E-state index is 0.0277. The molecular weight excluding hydrogens is 492 g/mol. The highest BCUT2D eigenvalue weighted by Crippen LogP contribution is 2.44. The monoisotopic (exact) mass is 512 g/mol. The highest BCUT2D eigenvalue weighted by Gasteiger charge is 2.60. The summed E-state index contributed by atoms with van der Waals surface area (Å²) < 4.78 is 5.88. The molecule has 8 nitrogen and oxygen atoms in total. The van der Waals surface area contributed by atoms with Gasteiger partial charge < -0.3 is 9.84 Å². The number of thioether (sulfide) groups is 1. The van der Waals surface area contributed by atoms with Gasteiger partial charge >= 0.3 is 5.97 Å². The van der Waals surface area contributed by atoms with Crippen molar-refractivity contribution in [2.75, 3.05) is 5.75 Å². The van der Waals surface area contributed by atoms with Crippen molar-refractivity contribution in [1.29, 1.82) is 0 Å². The number of hydrogen-bond donors (Lipinski definition) is 1. The summed E-state index contributed by atoms with van der Waals surface area (Å²) in [7, 11) is 0. The third-order valence-corrected chi connectivity index (χ3v) is 7.90. The van der Waals surface area contributed by atoms with E-state index in [2.05, 4.69) is 0 Å². The largest absolute Gasteiger partial charge is 0.509 e. The summed E-state index contributed by atoms with van der Waals surface area (Å²) >= 11 is 1.18. The summed E-state index contributed by atoms with van der Waals surface area (Å²) in [6.45, 7) is 0. The first-order chi connectivity index (χ1) is 18.0. The van der Waals surface area contributed by atoms with Crippen molar-refractivity contribution in [2.24, 2.45) is 0 Å². The molecule has 184 valence electrons. The number of fused-ring (bicyclic) bond motifs is 2. The molecule has 0 aliphatic carbocycles. The molecule has 3 aliphatic heterocycles. The molecule has 0 bridgehead atoms. The van der Waals surface area contributed by atoms with Crippen LogP contribution in [0, 0.1) is 0 Å². The van der Waals surface area contributed by atoms with Crippen LogP contribution in [0.5, 0.6) is 0 Å². The van der Waals surface area contributed by atoms with E-state index in [0.717, 1.165) is 20.9 Å². The number of hydrogen-bond acceptors (Lipinski definition) is 7. The number of imide groups is 1. The van der Waals surface area contributed by atoms with E-state index in [1.807, 2.05) is 60.7 Å². The lowest BCUT2D eigenvalue weighted by atomic mass is 10.0. The number of nitrogens with zero attached hydrogens (tertiary/aromatic N) is 2. The Kier molecular flexibility index (Phi) is 5.57. The second-order valence-corrected chi connectivity index (χ2v) is 9.89. The van der Waals surface area contributed by atoms with Crippen LogP contribution >= 0.6 is 11.8 Å². The van der Waals surface area contributed by atoms with Crippen LogP contribution in [-0.4, -0.2) is 55.8 Å². The zero-order valence-corrected chi connectivity index (χ0v) is 20.1. The molecule has 0 unspecified atom stereocenters. The number of aliphatic hydroxyl groups excluding tert-OH is 1. The van der Waals surface area contributed by atoms with Gasteiger partial charge in [0.05, 0.1) is 16.9 Å². The van der Waals surface area contributed by atoms with Crippen molar-refractivity contribution < 1.29 is 29.0 Å². The van der Waals surface area contributed by atoms with Crippen LogP contribution in [0.4, 0.5) is 0 Å². The fourth-order valence-corrected chi connectivity index (χ4v) is 6.13. The number of β-lactam (4-membered cyclic amide) rings is 1. The first-order valence-electron chi connectivity index (χ1n) is 11.6. The second-order valence-electron chi connectivity index (χ2n) is 8.78. The summed E-state index contributed by atoms with van der Waals surface area (Å²) in [6, 6.07) is 23.6. The second kappa shape index (κ2) is 8.94. The van der Waals surface area contributed by atoms with Crippen molar-refractivity contribution in [3.63, 3.8) is 0 Å². The molecule has 3 aromatic rings. The minimum Gasteiger partial charge on any atom is -0.509 e. The Morgan fingerprint density at radius 1 is 0.811 bits per heavy atom. The predicted molar refractivity (Wildman–Crippen MR) is 134 cm³/mol. The van der Waals surface area contributed by atoms with Gasteiger partial charge in [-0.2, -0.15) is 0 Å². The Morgan fingerprint density at radius 3 is 1.86 bits per heavy atom. The summed E-state index contributed by atoms with van der Waals surface area (Å²) in [5.41, 5.74) is 1.67. The molecule has 0 radical (unpaired) electrons. The normalized spacial score (nSPS) is 20.6. The van der Waals surface area contributed by atoms with E-state index >= 15 is 0 Å². The third kappa shape index (κ3) is 3.62. The van der Waals surface area contributed by atoms with Gasteiger partial charge in [0.15, 0.2) is 11.8 Å². The molecule has 3 aromatic carbocycles. The van der Waals surface area contributed by atoms with Crippen LogP contribution in [0.3, 0.4) is 0 Å². The van der Waals surface area contributed by atoms with Gasteiger partial charge in [0.1, 0.15) is 17.2 Å². The van der Waals surface area contributed by atoms with Crippen molar-refractivity contribution >= 4 is 35.5 Å². The SMILES string of the molecule is O=C(OC(c1ccccc1)c1ccccc1)C1=C(O)CS[C@@H]2[C@H](N3C(=O)c4ccccc4C3=O)C(=O)N12. The summed E-state index contributed by atoms with van der Waals surface area (Å²) in [4.78, 5) is 54.8. The van der Waals surface area contributed by atoms with Crippen molar-refractivity contribution in [3.8, 4) is 0 Å². The first kappa shape index (κ1) is 23.1. The van der Waals surface area contributed by atoms with Crippen LogP contribution < -0.4 is 0 Å². The Labute approximate surface area is 216 Å². The maximum absolute atomic E-state index is 13.4. The van der Waals surface area contributed by atoms with Crippen LogP contribution in [0.2, 0.25) is 0 Å². The van der Waals surface area contributed by atoms with E-state index in [-0.39, 0.29) is 28.3 Å². The van der Waals surface area contributed by atoms with E-state index in [1.54, 1.807) is 24.3 Å². The molecule has 3 aliphatic rings. The number of amides is 3. The Hall–Kier alpha value is -4.37. The smallest absolute Gasteiger partial charge is 0.359 e. The van der Waals surface area contributed by atoms with E-state index in [1.165, 1.54) is 11.8 Å². The number of aliphatic hydroxyl groups is 1. The van der Waals surface area contributed by atoms with Gasteiger partial charge in [-0.05, 0) is 23.3 Å². The van der Waals surface area contributed by atoms with Gasteiger partial charge in [-0.25, -0.2) is 4.79 Å². The fourth-order valence-electron chi connectivity index (χ4n) is 4.89. The molecule has 2 atom stereocenters. The molecule has 9 heteroatoms. The van der Waals surface area contributed by atoms with Crippen LogP contribution in [0.15, 0.2) is 96.4 Å². The lowest BCUT2D eigenvalue weighted by molar-refractivity contribution is -0.156. The number of carbonyl (C=O) groups excluding carboxylic acids is 4. The van der Waals surface area contributed by atoms with E-state index in [9.17, 15) is 24.3 Å². The standard InChI is InChI=1S/C28H20N2O6S/c31-20-15-37-27-22(29-24(32)18-13-7-8-14-19(18)25(29)33)26(34)30(27)21(20)28(35)36-23(16-9-3-1-4-10-16)17-11-5-2-6-12-17/h1-14,22-23,27,31H,15H2/t22-,27-/m1/s1. The van der Waals surface area contributed by atoms with Crippen molar-refractivity contribution in [1.82, 2.24) is 9.80 Å². The molecule has 0 saturated carbocycles. The quantitative estimate of drug-likeness (QED) is 0.316. The lowest BCUT2D eigenvalue weighted by Crippen LogP contribution is -2.71. The van der Waals surface area contributed by atoms with Crippen LogP contribution in [0.1, 0.15) is 37.9 Å². The molecule has 3 amide bonds. The van der Waals surface area contributed by atoms with E-state index in [0.29, 0.717) is 0 Å². The Bertz CT molecular complexity index is 1400. The van der Waals surface area contributed by atoms with Crippen molar-refractivity contribution in [3.05, 3.63) is 119 Å².